The second kappa shape index (κ2) is 6.18. The molecule has 0 bridgehead atoms. The molecule has 18 heavy (non-hydrogen) atoms. The molecule has 0 aliphatic carbocycles. The van der Waals surface area contributed by atoms with Crippen molar-refractivity contribution in [2.45, 2.75) is 20.0 Å². The molecule has 2 aromatic heterocycles. The van der Waals surface area contributed by atoms with Crippen LogP contribution in [-0.4, -0.2) is 16.4 Å². The van der Waals surface area contributed by atoms with Gasteiger partial charge in [0.15, 0.2) is 0 Å². The van der Waals surface area contributed by atoms with Crippen molar-refractivity contribution in [1.82, 2.24) is 9.88 Å². The van der Waals surface area contributed by atoms with Crippen molar-refractivity contribution in [2.24, 2.45) is 5.84 Å². The highest BCUT2D eigenvalue weighted by atomic mass is 16.3. The zero-order valence-corrected chi connectivity index (χ0v) is 10.5. The van der Waals surface area contributed by atoms with Gasteiger partial charge in [0.05, 0.1) is 24.2 Å². The number of hydrogen-bond donors (Lipinski definition) is 2. The Hall–Kier alpha value is -1.85. The van der Waals surface area contributed by atoms with Crippen LogP contribution in [0, 0.1) is 0 Å². The Kier molecular flexibility index (Phi) is 4.33. The quantitative estimate of drug-likeness (QED) is 0.602. The molecule has 0 amide bonds. The molecule has 0 atom stereocenters. The molecule has 0 saturated carbocycles. The predicted octanol–water partition coefficient (Wildman–Crippen LogP) is 1.98. The predicted molar refractivity (Wildman–Crippen MR) is 70.5 cm³/mol. The molecule has 2 heterocycles. The number of nitrogens with two attached hydrogens (primary N) is 1. The van der Waals surface area contributed by atoms with E-state index in [0.29, 0.717) is 0 Å². The zero-order chi connectivity index (χ0) is 12.8. The van der Waals surface area contributed by atoms with Crippen LogP contribution in [0.5, 0.6) is 0 Å². The summed E-state index contributed by atoms with van der Waals surface area (Å²) in [5.74, 6) is 6.35. The third-order valence-corrected chi connectivity index (χ3v) is 2.78. The van der Waals surface area contributed by atoms with Crippen LogP contribution in [0.4, 0.5) is 5.69 Å². The molecule has 0 radical (unpaired) electrons. The fraction of sp³-hybridized carbons (Fsp3) is 0.308. The highest BCUT2D eigenvalue weighted by Gasteiger charge is 2.07. The molecule has 0 fully saturated rings. The van der Waals surface area contributed by atoms with E-state index in [0.717, 1.165) is 36.8 Å². The van der Waals surface area contributed by atoms with Gasteiger partial charge in [0.1, 0.15) is 5.76 Å². The molecule has 0 saturated heterocycles. The summed E-state index contributed by atoms with van der Waals surface area (Å²) in [6.45, 7) is 4.61. The number of pyridine rings is 1. The van der Waals surface area contributed by atoms with Gasteiger partial charge in [-0.25, -0.2) is 0 Å². The van der Waals surface area contributed by atoms with Gasteiger partial charge in [-0.3, -0.25) is 15.7 Å². The lowest BCUT2D eigenvalue weighted by atomic mass is 10.3. The topological polar surface area (TPSA) is 67.3 Å². The van der Waals surface area contributed by atoms with Crippen LogP contribution < -0.4 is 11.3 Å². The largest absolute Gasteiger partial charge is 0.468 e. The number of aromatic nitrogens is 1. The molecule has 3 N–H and O–H groups in total. The van der Waals surface area contributed by atoms with Crippen LogP contribution >= 0.6 is 0 Å². The molecule has 96 valence electrons. The monoisotopic (exact) mass is 246 g/mol. The molecule has 0 aliphatic rings. The van der Waals surface area contributed by atoms with E-state index in [2.05, 4.69) is 22.2 Å². The average Bonchev–Trinajstić information content (AvgIpc) is 2.91. The maximum atomic E-state index is 5.39. The van der Waals surface area contributed by atoms with Crippen LogP contribution in [-0.2, 0) is 13.1 Å². The van der Waals surface area contributed by atoms with E-state index in [1.807, 2.05) is 24.3 Å². The van der Waals surface area contributed by atoms with Crippen molar-refractivity contribution < 1.29 is 4.42 Å². The fourth-order valence-corrected chi connectivity index (χ4v) is 1.79. The Balaban J connectivity index is 2.00. The number of nitrogen functional groups attached to an aromatic ring is 1. The molecule has 2 aromatic rings. The lowest BCUT2D eigenvalue weighted by molar-refractivity contribution is 0.245. The molecule has 2 rings (SSSR count). The number of hydrazine groups is 1. The first kappa shape index (κ1) is 12.6. The Labute approximate surface area is 107 Å². The zero-order valence-electron chi connectivity index (χ0n) is 10.5. The summed E-state index contributed by atoms with van der Waals surface area (Å²) in [5.41, 5.74) is 4.48. The van der Waals surface area contributed by atoms with Gasteiger partial charge in [-0.2, -0.15) is 0 Å². The van der Waals surface area contributed by atoms with Crippen molar-refractivity contribution in [3.05, 3.63) is 48.2 Å². The minimum absolute atomic E-state index is 0.771. The van der Waals surface area contributed by atoms with Crippen LogP contribution in [0.25, 0.3) is 0 Å². The molecular weight excluding hydrogens is 228 g/mol. The molecule has 5 heteroatoms. The van der Waals surface area contributed by atoms with Gasteiger partial charge in [0.2, 0.25) is 0 Å². The van der Waals surface area contributed by atoms with Gasteiger partial charge in [0.25, 0.3) is 0 Å². The van der Waals surface area contributed by atoms with Crippen molar-refractivity contribution in [3.63, 3.8) is 0 Å². The summed E-state index contributed by atoms with van der Waals surface area (Å²) in [5, 5.41) is 0. The Morgan fingerprint density at radius 1 is 1.39 bits per heavy atom. The Bertz CT molecular complexity index is 470. The lowest BCUT2D eigenvalue weighted by Crippen LogP contribution is -2.22. The fourth-order valence-electron chi connectivity index (χ4n) is 1.79. The van der Waals surface area contributed by atoms with Gasteiger partial charge >= 0.3 is 0 Å². The van der Waals surface area contributed by atoms with Crippen molar-refractivity contribution >= 4 is 5.69 Å². The van der Waals surface area contributed by atoms with Crippen LogP contribution in [0.1, 0.15) is 18.4 Å². The van der Waals surface area contributed by atoms with Gasteiger partial charge in [-0.15, -0.1) is 0 Å². The summed E-state index contributed by atoms with van der Waals surface area (Å²) in [6.07, 6.45) is 3.45. The summed E-state index contributed by atoms with van der Waals surface area (Å²) >= 11 is 0. The van der Waals surface area contributed by atoms with Gasteiger partial charge in [-0.05, 0) is 30.8 Å². The first-order valence-electron chi connectivity index (χ1n) is 5.98. The standard InChI is InChI=1S/C13H18N4O/c1-2-17(10-13-4-3-7-18-13)9-12-8-11(16-14)5-6-15-12/h3-8H,2,9-10,14H2,1H3,(H,15,16). The second-order valence-corrected chi connectivity index (χ2v) is 4.06. The lowest BCUT2D eigenvalue weighted by Gasteiger charge is -2.18. The van der Waals surface area contributed by atoms with E-state index in [1.165, 1.54) is 0 Å². The maximum absolute atomic E-state index is 5.39. The van der Waals surface area contributed by atoms with E-state index in [4.69, 9.17) is 10.3 Å². The SMILES string of the molecule is CCN(Cc1cc(NN)ccn1)Cc1ccco1. The van der Waals surface area contributed by atoms with Crippen LogP contribution in [0.2, 0.25) is 0 Å². The highest BCUT2D eigenvalue weighted by molar-refractivity contribution is 5.41. The van der Waals surface area contributed by atoms with Crippen molar-refractivity contribution in [3.8, 4) is 0 Å². The molecule has 0 unspecified atom stereocenters. The Morgan fingerprint density at radius 2 is 2.28 bits per heavy atom. The molecule has 5 nitrogen and oxygen atoms in total. The van der Waals surface area contributed by atoms with Crippen LogP contribution in [0.15, 0.2) is 41.1 Å². The number of rotatable bonds is 6. The highest BCUT2D eigenvalue weighted by Crippen LogP contribution is 2.11. The Morgan fingerprint density at radius 3 is 2.94 bits per heavy atom. The first-order valence-corrected chi connectivity index (χ1v) is 5.98. The normalized spacial score (nSPS) is 10.8. The first-order chi connectivity index (χ1) is 8.81. The molecular formula is C13H18N4O. The summed E-state index contributed by atoms with van der Waals surface area (Å²) in [6, 6.07) is 7.67. The number of nitrogens with one attached hydrogen (secondary N) is 1. The maximum Gasteiger partial charge on any atom is 0.117 e. The smallest absolute Gasteiger partial charge is 0.117 e. The van der Waals surface area contributed by atoms with Crippen LogP contribution in [0.3, 0.4) is 0 Å². The van der Waals surface area contributed by atoms with E-state index >= 15 is 0 Å². The van der Waals surface area contributed by atoms with E-state index in [-0.39, 0.29) is 0 Å². The van der Waals surface area contributed by atoms with E-state index in [9.17, 15) is 0 Å². The summed E-state index contributed by atoms with van der Waals surface area (Å²) < 4.78 is 5.35. The third kappa shape index (κ3) is 3.32. The minimum atomic E-state index is 0.771. The van der Waals surface area contributed by atoms with E-state index in [1.54, 1.807) is 12.5 Å². The van der Waals surface area contributed by atoms with Crippen molar-refractivity contribution in [2.75, 3.05) is 12.0 Å². The molecule has 0 spiro atoms. The third-order valence-electron chi connectivity index (χ3n) is 2.78. The van der Waals surface area contributed by atoms with Gasteiger partial charge in [0, 0.05) is 12.7 Å². The summed E-state index contributed by atoms with van der Waals surface area (Å²) in [7, 11) is 0. The summed E-state index contributed by atoms with van der Waals surface area (Å²) in [4.78, 5) is 6.59. The van der Waals surface area contributed by atoms with Crippen molar-refractivity contribution in [1.29, 1.82) is 0 Å². The number of hydrogen-bond acceptors (Lipinski definition) is 5. The number of anilines is 1. The van der Waals surface area contributed by atoms with E-state index < -0.39 is 0 Å². The second-order valence-electron chi connectivity index (χ2n) is 4.06. The number of nitrogens with zero attached hydrogens (tertiary/aromatic N) is 2. The minimum Gasteiger partial charge on any atom is -0.468 e. The molecule has 0 aromatic carbocycles. The van der Waals surface area contributed by atoms with Gasteiger partial charge in [-0.1, -0.05) is 6.92 Å². The molecule has 0 aliphatic heterocycles. The van der Waals surface area contributed by atoms with Gasteiger partial charge < -0.3 is 9.84 Å². The number of furan rings is 1. The average molecular weight is 246 g/mol.